The van der Waals surface area contributed by atoms with Gasteiger partial charge in [0.05, 0.1) is 18.6 Å². The normalized spacial score (nSPS) is 10.4. The molecular weight excluding hydrogens is 318 g/mol. The molecule has 2 aromatic carbocycles. The third kappa shape index (κ3) is 4.42. The third-order valence-electron chi connectivity index (χ3n) is 3.28. The molecule has 0 saturated carbocycles. The fourth-order valence-electron chi connectivity index (χ4n) is 1.92. The molecule has 2 aromatic rings. The van der Waals surface area contributed by atoms with Crippen molar-refractivity contribution in [2.24, 2.45) is 0 Å². The average Bonchev–Trinajstić information content (AvgIpc) is 2.49. The molecule has 5 heteroatoms. The van der Waals surface area contributed by atoms with E-state index in [1.54, 1.807) is 25.3 Å². The van der Waals surface area contributed by atoms with Gasteiger partial charge in [-0.05, 0) is 55.3 Å². The largest absolute Gasteiger partial charge is 0.495 e. The van der Waals surface area contributed by atoms with Crippen molar-refractivity contribution in [3.8, 4) is 5.75 Å². The Balaban J connectivity index is 1.98. The smallest absolute Gasteiger partial charge is 0.234 e. The number of carbonyl (C=O) groups is 1. The summed E-state index contributed by atoms with van der Waals surface area (Å²) in [5, 5.41) is 3.38. The Morgan fingerprint density at radius 1 is 1.18 bits per heavy atom. The number of rotatable bonds is 5. The van der Waals surface area contributed by atoms with E-state index in [0.29, 0.717) is 22.2 Å². The first kappa shape index (κ1) is 16.7. The van der Waals surface area contributed by atoms with Crippen molar-refractivity contribution >= 4 is 35.0 Å². The van der Waals surface area contributed by atoms with Gasteiger partial charge in [-0.1, -0.05) is 17.7 Å². The van der Waals surface area contributed by atoms with Crippen LogP contribution in [0.4, 0.5) is 5.69 Å². The van der Waals surface area contributed by atoms with Gasteiger partial charge >= 0.3 is 0 Å². The molecule has 0 aliphatic rings. The van der Waals surface area contributed by atoms with Crippen molar-refractivity contribution < 1.29 is 9.53 Å². The molecular formula is C17H18ClNO2S. The van der Waals surface area contributed by atoms with Crippen LogP contribution in [0.3, 0.4) is 0 Å². The lowest BCUT2D eigenvalue weighted by molar-refractivity contribution is -0.113. The molecule has 0 bridgehead atoms. The summed E-state index contributed by atoms with van der Waals surface area (Å²) in [6.45, 7) is 4.14. The van der Waals surface area contributed by atoms with E-state index >= 15 is 0 Å². The number of halogens is 1. The van der Waals surface area contributed by atoms with E-state index in [0.717, 1.165) is 4.90 Å². The summed E-state index contributed by atoms with van der Waals surface area (Å²) in [7, 11) is 1.56. The number of carbonyl (C=O) groups excluding carboxylic acids is 1. The lowest BCUT2D eigenvalue weighted by atomic mass is 10.1. The fourth-order valence-corrected chi connectivity index (χ4v) is 2.88. The Bertz CT molecular complexity index is 688. The van der Waals surface area contributed by atoms with Crippen molar-refractivity contribution in [1.29, 1.82) is 0 Å². The second-order valence-electron chi connectivity index (χ2n) is 4.93. The van der Waals surface area contributed by atoms with Gasteiger partial charge in [-0.3, -0.25) is 4.79 Å². The third-order valence-corrected chi connectivity index (χ3v) is 4.51. The van der Waals surface area contributed by atoms with Crippen LogP contribution in [0.5, 0.6) is 5.75 Å². The van der Waals surface area contributed by atoms with Gasteiger partial charge in [-0.15, -0.1) is 11.8 Å². The van der Waals surface area contributed by atoms with Gasteiger partial charge in [0.15, 0.2) is 0 Å². The molecule has 0 heterocycles. The van der Waals surface area contributed by atoms with Crippen molar-refractivity contribution in [2.75, 3.05) is 18.2 Å². The maximum atomic E-state index is 12.1. The van der Waals surface area contributed by atoms with Crippen LogP contribution >= 0.6 is 23.4 Å². The Labute approximate surface area is 140 Å². The van der Waals surface area contributed by atoms with E-state index in [1.807, 2.05) is 6.07 Å². The van der Waals surface area contributed by atoms with Crippen LogP contribution < -0.4 is 10.1 Å². The highest BCUT2D eigenvalue weighted by molar-refractivity contribution is 8.00. The van der Waals surface area contributed by atoms with Crippen molar-refractivity contribution in [2.45, 2.75) is 18.7 Å². The van der Waals surface area contributed by atoms with Crippen molar-refractivity contribution in [3.63, 3.8) is 0 Å². The molecule has 0 radical (unpaired) electrons. The molecule has 0 unspecified atom stereocenters. The molecule has 0 fully saturated rings. The molecule has 116 valence electrons. The van der Waals surface area contributed by atoms with Gasteiger partial charge in [0.2, 0.25) is 5.91 Å². The monoisotopic (exact) mass is 335 g/mol. The van der Waals surface area contributed by atoms with E-state index in [1.165, 1.54) is 22.9 Å². The lowest BCUT2D eigenvalue weighted by Crippen LogP contribution is -2.14. The van der Waals surface area contributed by atoms with Gasteiger partial charge in [-0.2, -0.15) is 0 Å². The number of nitrogens with one attached hydrogen (secondary N) is 1. The van der Waals surface area contributed by atoms with E-state index in [2.05, 4.69) is 31.3 Å². The second-order valence-corrected chi connectivity index (χ2v) is 6.41. The molecule has 0 spiro atoms. The number of benzene rings is 2. The fraction of sp³-hybridized carbons (Fsp3) is 0.235. The number of hydrogen-bond donors (Lipinski definition) is 1. The van der Waals surface area contributed by atoms with Crippen LogP contribution in [0.25, 0.3) is 0 Å². The summed E-state index contributed by atoms with van der Waals surface area (Å²) in [6.07, 6.45) is 0. The first-order chi connectivity index (χ1) is 10.5. The van der Waals surface area contributed by atoms with Crippen molar-refractivity contribution in [3.05, 3.63) is 52.5 Å². The summed E-state index contributed by atoms with van der Waals surface area (Å²) >= 11 is 7.45. The Morgan fingerprint density at radius 2 is 1.95 bits per heavy atom. The molecule has 2 rings (SSSR count). The summed E-state index contributed by atoms with van der Waals surface area (Å²) in [6, 6.07) is 11.3. The van der Waals surface area contributed by atoms with E-state index < -0.39 is 0 Å². The molecule has 1 N–H and O–H groups in total. The first-order valence-electron chi connectivity index (χ1n) is 6.83. The quantitative estimate of drug-likeness (QED) is 0.805. The van der Waals surface area contributed by atoms with Crippen LogP contribution in [-0.4, -0.2) is 18.8 Å². The van der Waals surface area contributed by atoms with Crippen LogP contribution in [0.15, 0.2) is 41.3 Å². The van der Waals surface area contributed by atoms with Gasteiger partial charge in [0.1, 0.15) is 5.75 Å². The number of aryl methyl sites for hydroxylation is 2. The SMILES string of the molecule is COc1ccc(Cl)cc1NC(=O)CSc1ccc(C)c(C)c1. The molecule has 3 nitrogen and oxygen atoms in total. The van der Waals surface area contributed by atoms with Gasteiger partial charge in [-0.25, -0.2) is 0 Å². The minimum absolute atomic E-state index is 0.0937. The van der Waals surface area contributed by atoms with E-state index in [4.69, 9.17) is 16.3 Å². The standard InChI is InChI=1S/C17H18ClNO2S/c1-11-4-6-14(8-12(11)2)22-10-17(20)19-15-9-13(18)5-7-16(15)21-3/h4-9H,10H2,1-3H3,(H,19,20). The van der Waals surface area contributed by atoms with Gasteiger partial charge < -0.3 is 10.1 Å². The van der Waals surface area contributed by atoms with Crippen LogP contribution in [0.1, 0.15) is 11.1 Å². The van der Waals surface area contributed by atoms with Gasteiger partial charge in [0.25, 0.3) is 0 Å². The predicted molar refractivity (Wildman–Crippen MR) is 93.3 cm³/mol. The zero-order valence-electron chi connectivity index (χ0n) is 12.8. The average molecular weight is 336 g/mol. The predicted octanol–water partition coefficient (Wildman–Crippen LogP) is 4.70. The summed E-state index contributed by atoms with van der Waals surface area (Å²) < 4.78 is 5.21. The van der Waals surface area contributed by atoms with E-state index in [-0.39, 0.29) is 5.91 Å². The highest BCUT2D eigenvalue weighted by Gasteiger charge is 2.09. The van der Waals surface area contributed by atoms with Crippen LogP contribution in [-0.2, 0) is 4.79 Å². The van der Waals surface area contributed by atoms with Gasteiger partial charge in [0, 0.05) is 9.92 Å². The molecule has 1 amide bonds. The molecule has 0 saturated heterocycles. The van der Waals surface area contributed by atoms with Crippen molar-refractivity contribution in [1.82, 2.24) is 0 Å². The minimum Gasteiger partial charge on any atom is -0.495 e. The summed E-state index contributed by atoms with van der Waals surface area (Å²) in [4.78, 5) is 13.2. The van der Waals surface area contributed by atoms with E-state index in [9.17, 15) is 4.79 Å². The zero-order chi connectivity index (χ0) is 16.1. The summed E-state index contributed by atoms with van der Waals surface area (Å²) in [5.41, 5.74) is 3.06. The number of methoxy groups -OCH3 is 1. The zero-order valence-corrected chi connectivity index (χ0v) is 14.3. The molecule has 0 aliphatic carbocycles. The minimum atomic E-state index is -0.0937. The Kier molecular flexibility index (Phi) is 5.75. The number of thioether (sulfide) groups is 1. The van der Waals surface area contributed by atoms with Crippen LogP contribution in [0.2, 0.25) is 5.02 Å². The molecule has 0 atom stereocenters. The number of hydrogen-bond acceptors (Lipinski definition) is 3. The second kappa shape index (κ2) is 7.56. The lowest BCUT2D eigenvalue weighted by Gasteiger charge is -2.10. The topological polar surface area (TPSA) is 38.3 Å². The Hall–Kier alpha value is -1.65. The summed E-state index contributed by atoms with van der Waals surface area (Å²) in [5.74, 6) is 0.829. The number of ether oxygens (including phenoxy) is 1. The Morgan fingerprint density at radius 3 is 2.64 bits per heavy atom. The van der Waals surface area contributed by atoms with Crippen LogP contribution in [0, 0.1) is 13.8 Å². The first-order valence-corrected chi connectivity index (χ1v) is 8.19. The number of amides is 1. The molecule has 22 heavy (non-hydrogen) atoms. The molecule has 0 aliphatic heterocycles. The highest BCUT2D eigenvalue weighted by Crippen LogP contribution is 2.28. The maximum Gasteiger partial charge on any atom is 0.234 e. The highest BCUT2D eigenvalue weighted by atomic mass is 35.5. The molecule has 0 aromatic heterocycles. The number of anilines is 1. The maximum absolute atomic E-state index is 12.1.